The number of ether oxygens (including phenoxy) is 3. The Morgan fingerprint density at radius 2 is 1.84 bits per heavy atom. The number of hydrogen-bond donors (Lipinski definition) is 1. The van der Waals surface area contributed by atoms with Crippen LogP contribution in [0.5, 0.6) is 17.2 Å². The first kappa shape index (κ1) is 22.9. The Morgan fingerprint density at radius 1 is 1.06 bits per heavy atom. The molecule has 0 fully saturated rings. The Bertz CT molecular complexity index is 1140. The second-order valence-corrected chi connectivity index (χ2v) is 7.43. The molecule has 3 rings (SSSR count). The summed E-state index contributed by atoms with van der Waals surface area (Å²) < 4.78 is 17.5. The fourth-order valence-corrected chi connectivity index (χ4v) is 3.14. The number of carbonyl (C=O) groups is 1. The molecule has 3 aromatic rings. The summed E-state index contributed by atoms with van der Waals surface area (Å²) in [4.78, 5) is 12.5. The second kappa shape index (κ2) is 11.6. The number of hydrogen-bond acceptors (Lipinski definition) is 5. The van der Waals surface area contributed by atoms with E-state index in [0.717, 1.165) is 10.0 Å². The first-order valence-corrected chi connectivity index (χ1v) is 10.4. The average molecular weight is 493 g/mol. The number of rotatable bonds is 9. The van der Waals surface area contributed by atoms with Crippen molar-refractivity contribution in [3.05, 3.63) is 87.9 Å². The van der Waals surface area contributed by atoms with Crippen molar-refractivity contribution in [3.8, 4) is 29.6 Å². The molecule has 0 bridgehead atoms. The van der Waals surface area contributed by atoms with Gasteiger partial charge in [-0.1, -0.05) is 52.2 Å². The van der Waals surface area contributed by atoms with E-state index in [2.05, 4.69) is 32.4 Å². The maximum absolute atomic E-state index is 12.5. The molecule has 0 aliphatic heterocycles. The van der Waals surface area contributed by atoms with Gasteiger partial charge in [-0.2, -0.15) is 5.10 Å². The number of amides is 1. The zero-order chi connectivity index (χ0) is 22.8. The third kappa shape index (κ3) is 6.37. The van der Waals surface area contributed by atoms with Crippen molar-refractivity contribution in [2.75, 3.05) is 13.7 Å². The van der Waals surface area contributed by atoms with Gasteiger partial charge in [0, 0.05) is 15.6 Å². The summed E-state index contributed by atoms with van der Waals surface area (Å²) in [6.45, 7) is 0.525. The van der Waals surface area contributed by atoms with Crippen LogP contribution in [0.4, 0.5) is 0 Å². The van der Waals surface area contributed by atoms with Crippen LogP contribution in [-0.2, 0) is 6.61 Å². The van der Waals surface area contributed by atoms with Gasteiger partial charge in [0.15, 0.2) is 11.5 Å². The summed E-state index contributed by atoms with van der Waals surface area (Å²) in [5.74, 6) is 3.58. The predicted molar refractivity (Wildman–Crippen MR) is 127 cm³/mol. The van der Waals surface area contributed by atoms with Gasteiger partial charge in [-0.15, -0.1) is 6.42 Å². The van der Waals surface area contributed by atoms with Crippen LogP contribution in [0, 0.1) is 12.3 Å². The topological polar surface area (TPSA) is 69.2 Å². The minimum Gasteiger partial charge on any atom is -0.493 e. The van der Waals surface area contributed by atoms with Crippen molar-refractivity contribution in [2.45, 2.75) is 6.61 Å². The minimum atomic E-state index is -0.393. The lowest BCUT2D eigenvalue weighted by Gasteiger charge is -2.12. The highest BCUT2D eigenvalue weighted by atomic mass is 79.9. The first-order chi connectivity index (χ1) is 15.6. The summed E-state index contributed by atoms with van der Waals surface area (Å²) in [6, 6.07) is 20.1. The van der Waals surface area contributed by atoms with Crippen LogP contribution in [0.25, 0.3) is 0 Å². The second-order valence-electron chi connectivity index (χ2n) is 6.51. The van der Waals surface area contributed by atoms with Gasteiger partial charge in [0.2, 0.25) is 0 Å². The average Bonchev–Trinajstić information content (AvgIpc) is 2.82. The van der Waals surface area contributed by atoms with Gasteiger partial charge in [-0.05, 0) is 42.0 Å². The van der Waals surface area contributed by atoms with Crippen molar-refractivity contribution >= 4 is 28.1 Å². The molecule has 0 heterocycles. The lowest BCUT2D eigenvalue weighted by molar-refractivity contribution is 0.0954. The highest BCUT2D eigenvalue weighted by Gasteiger charge is 2.11. The van der Waals surface area contributed by atoms with Crippen LogP contribution in [0.2, 0.25) is 0 Å². The molecule has 0 spiro atoms. The monoisotopic (exact) mass is 492 g/mol. The molecule has 0 atom stereocenters. The zero-order valence-electron chi connectivity index (χ0n) is 17.4. The fourth-order valence-electron chi connectivity index (χ4n) is 2.76. The van der Waals surface area contributed by atoms with Gasteiger partial charge >= 0.3 is 0 Å². The Balaban J connectivity index is 1.66. The van der Waals surface area contributed by atoms with E-state index in [0.29, 0.717) is 35.0 Å². The third-order valence-electron chi connectivity index (χ3n) is 4.32. The minimum absolute atomic E-state index is 0.132. The van der Waals surface area contributed by atoms with E-state index in [1.54, 1.807) is 24.3 Å². The van der Waals surface area contributed by atoms with E-state index < -0.39 is 5.91 Å². The molecule has 0 saturated carbocycles. The van der Waals surface area contributed by atoms with E-state index in [1.807, 2.05) is 42.5 Å². The van der Waals surface area contributed by atoms with Crippen molar-refractivity contribution < 1.29 is 19.0 Å². The van der Waals surface area contributed by atoms with E-state index >= 15 is 0 Å². The van der Waals surface area contributed by atoms with Crippen LogP contribution >= 0.6 is 15.9 Å². The van der Waals surface area contributed by atoms with E-state index in [9.17, 15) is 4.79 Å². The number of hydrazone groups is 1. The van der Waals surface area contributed by atoms with Crippen molar-refractivity contribution in [1.82, 2.24) is 5.43 Å². The van der Waals surface area contributed by atoms with E-state index in [-0.39, 0.29) is 6.61 Å². The molecule has 0 aliphatic rings. The van der Waals surface area contributed by atoms with Gasteiger partial charge in [-0.25, -0.2) is 5.43 Å². The first-order valence-electron chi connectivity index (χ1n) is 9.64. The summed E-state index contributed by atoms with van der Waals surface area (Å²) in [6.07, 6.45) is 6.74. The van der Waals surface area contributed by atoms with Crippen LogP contribution in [0.15, 0.2) is 76.3 Å². The molecule has 3 aromatic carbocycles. The smallest absolute Gasteiger partial charge is 0.271 e. The third-order valence-corrected chi connectivity index (χ3v) is 4.81. The van der Waals surface area contributed by atoms with Crippen molar-refractivity contribution in [3.63, 3.8) is 0 Å². The molecular formula is C25H21BrN2O4. The molecule has 0 aromatic heterocycles. The lowest BCUT2D eigenvalue weighted by atomic mass is 10.2. The van der Waals surface area contributed by atoms with Crippen LogP contribution < -0.4 is 19.6 Å². The van der Waals surface area contributed by atoms with Gasteiger partial charge < -0.3 is 14.2 Å². The van der Waals surface area contributed by atoms with Crippen LogP contribution in [0.3, 0.4) is 0 Å². The SMILES string of the molecule is C#CCOc1ccc(Br)cc1/C=N/NC(=O)c1ccc(OCc2ccccc2)c(OC)c1. The highest BCUT2D eigenvalue weighted by Crippen LogP contribution is 2.29. The van der Waals surface area contributed by atoms with E-state index in [4.69, 9.17) is 20.6 Å². The van der Waals surface area contributed by atoms with Gasteiger partial charge in [0.1, 0.15) is 19.0 Å². The van der Waals surface area contributed by atoms with Crippen LogP contribution in [0.1, 0.15) is 21.5 Å². The summed E-state index contributed by atoms with van der Waals surface area (Å²) in [7, 11) is 1.52. The summed E-state index contributed by atoms with van der Waals surface area (Å²) in [5.41, 5.74) is 4.58. The maximum Gasteiger partial charge on any atom is 0.271 e. The standard InChI is InChI=1S/C25H21BrN2O4/c1-3-13-31-22-12-10-21(26)14-20(22)16-27-28-25(29)19-9-11-23(24(15-19)30-2)32-17-18-7-5-4-6-8-18/h1,4-12,14-16H,13,17H2,2H3,(H,28,29)/b27-16+. The van der Waals surface area contributed by atoms with Crippen molar-refractivity contribution in [1.29, 1.82) is 0 Å². The number of halogens is 1. The zero-order valence-corrected chi connectivity index (χ0v) is 19.0. The molecule has 1 N–H and O–H groups in total. The fraction of sp³-hybridized carbons (Fsp3) is 0.120. The lowest BCUT2D eigenvalue weighted by Crippen LogP contribution is -2.17. The van der Waals surface area contributed by atoms with Gasteiger partial charge in [0.05, 0.1) is 13.3 Å². The molecule has 0 unspecified atom stereocenters. The quantitative estimate of drug-likeness (QED) is 0.264. The number of nitrogens with one attached hydrogen (secondary N) is 1. The summed E-state index contributed by atoms with van der Waals surface area (Å²) >= 11 is 3.40. The summed E-state index contributed by atoms with van der Waals surface area (Å²) in [5, 5.41) is 4.03. The molecule has 162 valence electrons. The normalized spacial score (nSPS) is 10.4. The molecule has 0 saturated heterocycles. The molecule has 1 amide bonds. The molecule has 32 heavy (non-hydrogen) atoms. The van der Waals surface area contributed by atoms with Crippen LogP contribution in [-0.4, -0.2) is 25.8 Å². The molecule has 7 heteroatoms. The maximum atomic E-state index is 12.5. The number of methoxy groups -OCH3 is 1. The predicted octanol–water partition coefficient (Wildman–Crippen LogP) is 4.81. The number of nitrogens with zero attached hydrogens (tertiary/aromatic N) is 1. The molecule has 0 radical (unpaired) electrons. The largest absolute Gasteiger partial charge is 0.493 e. The number of terminal acetylenes is 1. The Morgan fingerprint density at radius 3 is 2.59 bits per heavy atom. The Labute approximate surface area is 195 Å². The van der Waals surface area contributed by atoms with Gasteiger partial charge in [-0.3, -0.25) is 4.79 Å². The number of benzene rings is 3. The Hall–Kier alpha value is -3.76. The highest BCUT2D eigenvalue weighted by molar-refractivity contribution is 9.10. The number of carbonyl (C=O) groups excluding carboxylic acids is 1. The molecule has 0 aliphatic carbocycles. The molecular weight excluding hydrogens is 472 g/mol. The van der Waals surface area contributed by atoms with E-state index in [1.165, 1.54) is 13.3 Å². The van der Waals surface area contributed by atoms with Crippen molar-refractivity contribution in [2.24, 2.45) is 5.10 Å². The van der Waals surface area contributed by atoms with Gasteiger partial charge in [0.25, 0.3) is 5.91 Å². The molecule has 6 nitrogen and oxygen atoms in total. The Kier molecular flexibility index (Phi) is 8.29.